The summed E-state index contributed by atoms with van der Waals surface area (Å²) in [6.07, 6.45) is 0. The third-order valence-electron chi connectivity index (χ3n) is 4.02. The summed E-state index contributed by atoms with van der Waals surface area (Å²) in [5.41, 5.74) is 4.49. The Morgan fingerprint density at radius 1 is 0.448 bits per heavy atom. The van der Waals surface area contributed by atoms with Gasteiger partial charge in [-0.15, -0.1) is 10.2 Å². The summed E-state index contributed by atoms with van der Waals surface area (Å²) < 4.78 is 40.2. The second kappa shape index (κ2) is 9.43. The van der Waals surface area contributed by atoms with Crippen LogP contribution in [-0.2, 0) is 0 Å². The van der Waals surface area contributed by atoms with Crippen LogP contribution in [0.4, 0.5) is 0 Å². The lowest BCUT2D eigenvalue weighted by Gasteiger charge is -2.17. The zero-order valence-electron chi connectivity index (χ0n) is 15.2. The molecule has 0 amide bonds. The molecule has 0 saturated heterocycles. The van der Waals surface area contributed by atoms with Crippen LogP contribution in [0, 0.1) is 10.2 Å². The minimum Gasteiger partial charge on any atom is -0.222 e. The fraction of sp³-hybridized carbons (Fsp3) is 0. The van der Waals surface area contributed by atoms with Crippen LogP contribution in [-0.4, -0.2) is 0 Å². The third kappa shape index (κ3) is 6.50. The first-order chi connectivity index (χ1) is 13.9. The fourth-order valence-corrected chi connectivity index (χ4v) is 2.79. The molecule has 0 spiro atoms. The zero-order chi connectivity index (χ0) is 20.7. The fourth-order valence-electron chi connectivity index (χ4n) is 2.79. The van der Waals surface area contributed by atoms with Gasteiger partial charge >= 0.3 is 11.5 Å². The number of benzene rings is 3. The molecule has 6 heteroatoms. The van der Waals surface area contributed by atoms with Gasteiger partial charge in [-0.25, -0.2) is 23.1 Å². The van der Waals surface area contributed by atoms with Crippen molar-refractivity contribution in [3.05, 3.63) is 103 Å². The van der Waals surface area contributed by atoms with Crippen molar-refractivity contribution < 1.29 is 33.3 Å². The number of hydrogen-bond acceptors (Lipinski definition) is 4. The summed E-state index contributed by atoms with van der Waals surface area (Å²) in [7, 11) is -4.94. The Labute approximate surface area is 170 Å². The van der Waals surface area contributed by atoms with Crippen LogP contribution in [0.15, 0.2) is 108 Å². The van der Waals surface area contributed by atoms with E-state index in [2.05, 4.69) is 60.7 Å². The molecule has 0 fully saturated rings. The Morgan fingerprint density at radius 2 is 0.759 bits per heavy atom. The van der Waals surface area contributed by atoms with Crippen molar-refractivity contribution in [1.82, 2.24) is 0 Å². The molecule has 0 unspecified atom stereocenters. The van der Waals surface area contributed by atoms with Crippen molar-refractivity contribution in [1.29, 1.82) is 0 Å². The first-order valence-electron chi connectivity index (χ1n) is 8.66. The highest BCUT2D eigenvalue weighted by molar-refractivity contribution is 5.74. The van der Waals surface area contributed by atoms with Gasteiger partial charge in [-0.1, -0.05) is 66.7 Å². The molecule has 1 heterocycles. The summed E-state index contributed by atoms with van der Waals surface area (Å²) in [5, 5.41) is 0. The van der Waals surface area contributed by atoms with Crippen LogP contribution < -0.4 is 18.6 Å². The molecule has 0 aliphatic carbocycles. The molecular weight excluding hydrogens is 392 g/mol. The molecule has 0 radical (unpaired) electrons. The maximum Gasteiger partial charge on any atom is 0.361 e. The number of rotatable bonds is 3. The van der Waals surface area contributed by atoms with Crippen molar-refractivity contribution in [2.24, 2.45) is 0 Å². The van der Waals surface area contributed by atoms with Gasteiger partial charge in [0.2, 0.25) is 0 Å². The normalized spacial score (nSPS) is 10.8. The number of hydrogen-bond donors (Lipinski definition) is 0. The van der Waals surface area contributed by atoms with Crippen LogP contribution in [0.2, 0.25) is 0 Å². The molecule has 3 aromatic carbocycles. The monoisotopic (exact) mass is 408 g/mol. The Balaban J connectivity index is 0.000000431. The molecular formula is C23H17ClO5. The number of halogens is 1. The van der Waals surface area contributed by atoms with Crippen LogP contribution in [0.3, 0.4) is 0 Å². The summed E-state index contributed by atoms with van der Waals surface area (Å²) in [4.78, 5) is 0. The largest absolute Gasteiger partial charge is 0.361 e. The van der Waals surface area contributed by atoms with Gasteiger partial charge in [-0.3, -0.25) is 0 Å². The van der Waals surface area contributed by atoms with E-state index in [1.165, 1.54) is 5.56 Å². The molecule has 0 saturated carbocycles. The van der Waals surface area contributed by atoms with E-state index in [4.69, 9.17) is 23.1 Å². The van der Waals surface area contributed by atoms with Crippen molar-refractivity contribution in [2.75, 3.05) is 0 Å². The molecule has 0 N–H and O–H groups in total. The second-order valence-corrected chi connectivity index (χ2v) is 6.81. The van der Waals surface area contributed by atoms with Gasteiger partial charge in [0.15, 0.2) is 0 Å². The molecule has 0 aliphatic heterocycles. The Morgan fingerprint density at radius 3 is 1.10 bits per heavy atom. The smallest absolute Gasteiger partial charge is 0.222 e. The van der Waals surface area contributed by atoms with E-state index in [1.807, 2.05) is 42.5 Å². The molecule has 5 nitrogen and oxygen atoms in total. The summed E-state index contributed by atoms with van der Waals surface area (Å²) in [6, 6.07) is 35.1. The molecule has 4 aromatic rings. The molecule has 1 aromatic heterocycles. The van der Waals surface area contributed by atoms with Gasteiger partial charge in [-0.2, -0.15) is 0 Å². The topological polar surface area (TPSA) is 104 Å². The molecule has 0 bridgehead atoms. The molecule has 0 aliphatic rings. The van der Waals surface area contributed by atoms with Crippen molar-refractivity contribution in [3.8, 4) is 33.8 Å². The van der Waals surface area contributed by atoms with Crippen LogP contribution in [0.1, 0.15) is 0 Å². The highest BCUT2D eigenvalue weighted by Crippen LogP contribution is 2.32. The van der Waals surface area contributed by atoms with E-state index >= 15 is 0 Å². The van der Waals surface area contributed by atoms with Gasteiger partial charge in [0.05, 0.1) is 23.3 Å². The highest BCUT2D eigenvalue weighted by atomic mass is 35.7. The van der Waals surface area contributed by atoms with Gasteiger partial charge in [0, 0.05) is 5.56 Å². The highest BCUT2D eigenvalue weighted by Gasteiger charge is 2.20. The van der Waals surface area contributed by atoms with Crippen molar-refractivity contribution in [3.63, 3.8) is 0 Å². The van der Waals surface area contributed by atoms with Crippen LogP contribution in [0.25, 0.3) is 33.8 Å². The van der Waals surface area contributed by atoms with E-state index in [0.717, 1.165) is 28.2 Å². The average Bonchev–Trinajstić information content (AvgIpc) is 2.74. The van der Waals surface area contributed by atoms with Gasteiger partial charge in [0.25, 0.3) is 0 Å². The van der Waals surface area contributed by atoms with E-state index < -0.39 is 10.2 Å². The van der Waals surface area contributed by atoms with E-state index in [0.29, 0.717) is 0 Å². The Hall–Kier alpha value is -3.06. The first kappa shape index (κ1) is 20.7. The van der Waals surface area contributed by atoms with Crippen LogP contribution in [0.5, 0.6) is 0 Å². The van der Waals surface area contributed by atoms with Gasteiger partial charge < -0.3 is 0 Å². The SMILES string of the molecule is [O-][Cl+3]([O-])([O-])[O-].c1ccc(-c2cc(-c3ccccc3)[o+]c(-c3ccccc3)c2)cc1. The Bertz CT molecular complexity index is 887. The maximum atomic E-state index is 8.49. The second-order valence-electron chi connectivity index (χ2n) is 6.05. The predicted molar refractivity (Wildman–Crippen MR) is 99.4 cm³/mol. The third-order valence-corrected chi connectivity index (χ3v) is 4.02. The van der Waals surface area contributed by atoms with E-state index in [9.17, 15) is 0 Å². The molecule has 4 rings (SSSR count). The van der Waals surface area contributed by atoms with Crippen molar-refractivity contribution >= 4 is 0 Å². The minimum absolute atomic E-state index is 0.871. The van der Waals surface area contributed by atoms with Crippen LogP contribution >= 0.6 is 0 Å². The lowest BCUT2D eigenvalue weighted by Crippen LogP contribution is -2.68. The summed E-state index contributed by atoms with van der Waals surface area (Å²) in [5.74, 6) is 1.74. The van der Waals surface area contributed by atoms with E-state index in [1.54, 1.807) is 0 Å². The standard InChI is InChI=1S/C23H17O.ClHO4/c1-4-10-18(11-5-1)21-16-22(19-12-6-2-7-13-19)24-23(17-21)20-14-8-3-9-15-20;2-1(3,4)5/h1-17H;(H,2,3,4,5)/q+1;/p-1. The van der Waals surface area contributed by atoms with Crippen molar-refractivity contribution in [2.45, 2.75) is 0 Å². The quantitative estimate of drug-likeness (QED) is 0.481. The Kier molecular flexibility index (Phi) is 6.72. The molecule has 0 atom stereocenters. The lowest BCUT2D eigenvalue weighted by atomic mass is 10.0. The average molecular weight is 409 g/mol. The van der Waals surface area contributed by atoms with Gasteiger partial charge in [-0.05, 0) is 29.8 Å². The molecule has 29 heavy (non-hydrogen) atoms. The van der Waals surface area contributed by atoms with E-state index in [-0.39, 0.29) is 0 Å². The molecule has 146 valence electrons. The van der Waals surface area contributed by atoms with Gasteiger partial charge in [0.1, 0.15) is 0 Å². The minimum atomic E-state index is -4.94. The first-order valence-corrected chi connectivity index (χ1v) is 9.90. The lowest BCUT2D eigenvalue weighted by molar-refractivity contribution is -2.00. The maximum absolute atomic E-state index is 8.49. The summed E-state index contributed by atoms with van der Waals surface area (Å²) >= 11 is 0. The predicted octanol–water partition coefficient (Wildman–Crippen LogP) is 1.81. The zero-order valence-corrected chi connectivity index (χ0v) is 16.0. The summed E-state index contributed by atoms with van der Waals surface area (Å²) in [6.45, 7) is 0.